The Morgan fingerprint density at radius 3 is 2.81 bits per heavy atom. The van der Waals surface area contributed by atoms with Crippen LogP contribution >= 0.6 is 0 Å². The number of carbonyl (C=O) groups excluding carboxylic acids is 1. The summed E-state index contributed by atoms with van der Waals surface area (Å²) in [5, 5.41) is 2.35. The summed E-state index contributed by atoms with van der Waals surface area (Å²) in [4.78, 5) is 17.5. The number of rotatable bonds is 4. The van der Waals surface area contributed by atoms with Gasteiger partial charge in [0.1, 0.15) is 12.6 Å². The van der Waals surface area contributed by atoms with Crippen molar-refractivity contribution in [3.63, 3.8) is 0 Å². The lowest BCUT2D eigenvalue weighted by Gasteiger charge is -2.29. The van der Waals surface area contributed by atoms with Gasteiger partial charge in [-0.15, -0.1) is 0 Å². The fourth-order valence-electron chi connectivity index (χ4n) is 2.39. The first-order valence-electron chi connectivity index (χ1n) is 6.84. The summed E-state index contributed by atoms with van der Waals surface area (Å²) in [6, 6.07) is 1.62. The van der Waals surface area contributed by atoms with Crippen LogP contribution in [0.25, 0.3) is 0 Å². The zero-order chi connectivity index (χ0) is 15.5. The Kier molecular flexibility index (Phi) is 4.72. The van der Waals surface area contributed by atoms with E-state index in [1.165, 1.54) is 4.90 Å². The Morgan fingerprint density at radius 1 is 1.62 bits per heavy atom. The van der Waals surface area contributed by atoms with Crippen molar-refractivity contribution < 1.29 is 19.7 Å². The quantitative estimate of drug-likeness (QED) is 0.929. The van der Waals surface area contributed by atoms with Gasteiger partial charge >= 0.3 is 6.03 Å². The molecule has 21 heavy (non-hydrogen) atoms. The Labute approximate surface area is 123 Å². The molecule has 2 heterocycles. The largest absolute Gasteiger partial charge is 0.373 e. The van der Waals surface area contributed by atoms with Gasteiger partial charge in [-0.1, -0.05) is 6.92 Å². The molecule has 1 aliphatic heterocycles. The molecule has 2 amide bonds. The number of amides is 2. The van der Waals surface area contributed by atoms with Gasteiger partial charge in [0, 0.05) is 20.9 Å². The lowest BCUT2D eigenvalue weighted by molar-refractivity contribution is -0.0224. The molecule has 2 atom stereocenters. The highest BCUT2D eigenvalue weighted by Crippen LogP contribution is 2.27. The second-order valence-electron chi connectivity index (χ2n) is 5.09. The molecule has 0 spiro atoms. The summed E-state index contributed by atoms with van der Waals surface area (Å²) in [5.41, 5.74) is 0.916. The van der Waals surface area contributed by atoms with Crippen LogP contribution in [-0.2, 0) is 4.74 Å². The van der Waals surface area contributed by atoms with E-state index >= 15 is 0 Å². The van der Waals surface area contributed by atoms with Crippen LogP contribution in [0.1, 0.15) is 26.4 Å². The van der Waals surface area contributed by atoms with Gasteiger partial charge in [-0.05, 0) is 24.1 Å². The Balaban J connectivity index is 0.00000242. The van der Waals surface area contributed by atoms with Crippen molar-refractivity contribution >= 4 is 6.03 Å². The number of hydrogen-bond acceptors (Lipinski definition) is 3. The highest BCUT2D eigenvalue weighted by molar-refractivity contribution is 5.75. The Morgan fingerprint density at radius 2 is 2.29 bits per heavy atom. The summed E-state index contributed by atoms with van der Waals surface area (Å²) in [6.45, 7) is 1.12. The molecule has 118 valence electrons. The minimum Gasteiger partial charge on any atom is -0.373 e. The van der Waals surface area contributed by atoms with Crippen molar-refractivity contribution in [3.05, 3.63) is 30.1 Å². The van der Waals surface area contributed by atoms with Gasteiger partial charge in [-0.25, -0.2) is 13.6 Å². The summed E-state index contributed by atoms with van der Waals surface area (Å²) < 4.78 is 31.7. The molecule has 2 rings (SSSR count). The van der Waals surface area contributed by atoms with Crippen LogP contribution in [0.2, 0.25) is 0 Å². The van der Waals surface area contributed by atoms with Crippen molar-refractivity contribution in [3.8, 4) is 0 Å². The van der Waals surface area contributed by atoms with Crippen molar-refractivity contribution in [1.29, 1.82) is 0 Å². The van der Waals surface area contributed by atoms with E-state index < -0.39 is 24.6 Å². The number of halogens is 2. The van der Waals surface area contributed by atoms with Crippen LogP contribution in [0.4, 0.5) is 13.6 Å². The van der Waals surface area contributed by atoms with E-state index in [2.05, 4.69) is 10.3 Å². The maximum Gasteiger partial charge on any atom is 0.318 e. The number of ether oxygens (including phenoxy) is 1. The molecule has 1 aliphatic rings. The molecule has 0 unspecified atom stereocenters. The molecular formula is C14H21F2N3O2. The smallest absolute Gasteiger partial charge is 0.318 e. The second kappa shape index (κ2) is 6.34. The molecule has 1 aromatic rings. The van der Waals surface area contributed by atoms with Crippen LogP contribution in [0.15, 0.2) is 24.5 Å². The van der Waals surface area contributed by atoms with Gasteiger partial charge < -0.3 is 15.0 Å². The highest BCUT2D eigenvalue weighted by atomic mass is 19.3. The van der Waals surface area contributed by atoms with Crippen molar-refractivity contribution in [2.24, 2.45) is 0 Å². The van der Waals surface area contributed by atoms with E-state index in [1.54, 1.807) is 19.4 Å². The molecule has 0 aromatic carbocycles. The van der Waals surface area contributed by atoms with Crippen molar-refractivity contribution in [2.45, 2.75) is 31.4 Å². The average Bonchev–Trinajstić information content (AvgIpc) is 2.79. The van der Waals surface area contributed by atoms with Gasteiger partial charge in [0.05, 0.1) is 12.6 Å². The zero-order valence-electron chi connectivity index (χ0n) is 12.1. The standard InChI is InChI=1S/C14H19F2N3O2.H2/c1-3-11(10-4-6-17-7-5-10)19(2)13(20)18-12-8-21-9-14(12,15)16;/h4-7,11-12H,3,8-9H2,1-2H3,(H,18,20);1H/t11-,12+;/m0./s1. The van der Waals surface area contributed by atoms with E-state index in [0.717, 1.165) is 5.56 Å². The number of nitrogens with one attached hydrogen (secondary N) is 1. The third kappa shape index (κ3) is 3.47. The van der Waals surface area contributed by atoms with E-state index in [4.69, 9.17) is 4.74 Å². The summed E-state index contributed by atoms with van der Waals surface area (Å²) in [5.74, 6) is -3.02. The van der Waals surface area contributed by atoms with Gasteiger partial charge in [0.2, 0.25) is 0 Å². The molecule has 1 fully saturated rings. The Hall–Kier alpha value is -1.76. The van der Waals surface area contributed by atoms with Crippen LogP contribution in [0, 0.1) is 0 Å². The molecule has 0 saturated carbocycles. The fourth-order valence-corrected chi connectivity index (χ4v) is 2.39. The normalized spacial score (nSPS) is 21.8. The third-order valence-electron chi connectivity index (χ3n) is 3.65. The molecule has 0 aliphatic carbocycles. The number of nitrogens with zero attached hydrogens (tertiary/aromatic N) is 2. The highest BCUT2D eigenvalue weighted by Gasteiger charge is 2.46. The van der Waals surface area contributed by atoms with Crippen molar-refractivity contribution in [1.82, 2.24) is 15.2 Å². The summed E-state index contributed by atoms with van der Waals surface area (Å²) in [7, 11) is 1.60. The van der Waals surface area contributed by atoms with Gasteiger partial charge in [0.25, 0.3) is 5.92 Å². The minimum absolute atomic E-state index is 0. The van der Waals surface area contributed by atoms with Crippen LogP contribution in [0.3, 0.4) is 0 Å². The van der Waals surface area contributed by atoms with Crippen LogP contribution < -0.4 is 5.32 Å². The lowest BCUT2D eigenvalue weighted by atomic mass is 10.1. The van der Waals surface area contributed by atoms with Crippen LogP contribution in [-0.4, -0.2) is 48.1 Å². The molecule has 1 N–H and O–H groups in total. The van der Waals surface area contributed by atoms with E-state index in [-0.39, 0.29) is 14.1 Å². The van der Waals surface area contributed by atoms with Gasteiger partial charge in [-0.2, -0.15) is 0 Å². The number of hydrogen-bond donors (Lipinski definition) is 1. The number of pyridine rings is 1. The first-order chi connectivity index (χ1) is 9.95. The first kappa shape index (κ1) is 15.6. The lowest BCUT2D eigenvalue weighted by Crippen LogP contribution is -2.51. The van der Waals surface area contributed by atoms with E-state index in [9.17, 15) is 13.6 Å². The molecular weight excluding hydrogens is 280 g/mol. The fraction of sp³-hybridized carbons (Fsp3) is 0.571. The molecule has 0 bridgehead atoms. The predicted octanol–water partition coefficient (Wildman–Crippen LogP) is 2.45. The molecule has 7 heteroatoms. The minimum atomic E-state index is -3.02. The topological polar surface area (TPSA) is 54.5 Å². The number of urea groups is 1. The van der Waals surface area contributed by atoms with E-state index in [0.29, 0.717) is 6.42 Å². The zero-order valence-corrected chi connectivity index (χ0v) is 12.1. The molecule has 1 aromatic heterocycles. The Bertz CT molecular complexity index is 490. The predicted molar refractivity (Wildman–Crippen MR) is 75.2 cm³/mol. The van der Waals surface area contributed by atoms with Crippen LogP contribution in [0.5, 0.6) is 0 Å². The van der Waals surface area contributed by atoms with E-state index in [1.807, 2.05) is 19.1 Å². The molecule has 5 nitrogen and oxygen atoms in total. The molecule has 0 radical (unpaired) electrons. The SMILES string of the molecule is CC[C@@H](c1ccncc1)N(C)C(=O)N[C@@H]1COCC1(F)F.[HH]. The summed E-state index contributed by atoms with van der Waals surface area (Å²) in [6.07, 6.45) is 3.96. The molecule has 1 saturated heterocycles. The average molecular weight is 301 g/mol. The number of aromatic nitrogens is 1. The first-order valence-corrected chi connectivity index (χ1v) is 6.84. The monoisotopic (exact) mass is 301 g/mol. The second-order valence-corrected chi connectivity index (χ2v) is 5.09. The maximum absolute atomic E-state index is 13.5. The maximum atomic E-state index is 13.5. The van der Waals surface area contributed by atoms with Crippen molar-refractivity contribution in [2.75, 3.05) is 20.3 Å². The van der Waals surface area contributed by atoms with Gasteiger partial charge in [0.15, 0.2) is 0 Å². The number of carbonyl (C=O) groups is 1. The summed E-state index contributed by atoms with van der Waals surface area (Å²) >= 11 is 0. The number of alkyl halides is 2. The third-order valence-corrected chi connectivity index (χ3v) is 3.65. The van der Waals surface area contributed by atoms with Gasteiger partial charge in [-0.3, -0.25) is 4.98 Å².